The Kier molecular flexibility index (Phi) is 5.60. The molecule has 0 amide bonds. The molecule has 4 heteroatoms. The SMILES string of the molecule is CCCN(CC)C1CCC(NC(C)C)(C(=O)O)C1. The van der Waals surface area contributed by atoms with E-state index in [1.165, 1.54) is 0 Å². The molecule has 2 unspecified atom stereocenters. The van der Waals surface area contributed by atoms with Gasteiger partial charge in [-0.05, 0) is 52.6 Å². The minimum Gasteiger partial charge on any atom is -0.480 e. The molecule has 0 heterocycles. The van der Waals surface area contributed by atoms with Crippen LogP contribution in [0.25, 0.3) is 0 Å². The number of carboxylic acids is 1. The Morgan fingerprint density at radius 2 is 2.17 bits per heavy atom. The van der Waals surface area contributed by atoms with Gasteiger partial charge in [0.1, 0.15) is 5.54 Å². The molecule has 1 rings (SSSR count). The predicted molar refractivity (Wildman–Crippen MR) is 73.8 cm³/mol. The lowest BCUT2D eigenvalue weighted by Crippen LogP contribution is -2.54. The number of carboxylic acid groups (broad SMARTS) is 1. The predicted octanol–water partition coefficient (Wildman–Crippen LogP) is 2.09. The number of carbonyl (C=O) groups is 1. The molecule has 0 spiro atoms. The van der Waals surface area contributed by atoms with Crippen LogP contribution in [0.1, 0.15) is 53.4 Å². The van der Waals surface area contributed by atoms with Crippen molar-refractivity contribution >= 4 is 5.97 Å². The van der Waals surface area contributed by atoms with E-state index in [4.69, 9.17) is 0 Å². The minimum atomic E-state index is -0.708. The minimum absolute atomic E-state index is 0.209. The molecule has 1 saturated carbocycles. The van der Waals surface area contributed by atoms with E-state index in [0.29, 0.717) is 6.04 Å². The molecule has 0 aromatic carbocycles. The first kappa shape index (κ1) is 15.4. The van der Waals surface area contributed by atoms with E-state index in [2.05, 4.69) is 24.1 Å². The molecular weight excluding hydrogens is 228 g/mol. The number of nitrogens with one attached hydrogen (secondary N) is 1. The Hall–Kier alpha value is -0.610. The van der Waals surface area contributed by atoms with Crippen molar-refractivity contribution in [1.82, 2.24) is 10.2 Å². The zero-order valence-corrected chi connectivity index (χ0v) is 12.2. The lowest BCUT2D eigenvalue weighted by Gasteiger charge is -2.31. The number of hydrogen-bond acceptors (Lipinski definition) is 3. The summed E-state index contributed by atoms with van der Waals surface area (Å²) in [6.07, 6.45) is 3.58. The van der Waals surface area contributed by atoms with Gasteiger partial charge in [-0.25, -0.2) is 0 Å². The molecule has 106 valence electrons. The van der Waals surface area contributed by atoms with E-state index < -0.39 is 11.5 Å². The van der Waals surface area contributed by atoms with E-state index in [1.807, 2.05) is 13.8 Å². The average molecular weight is 256 g/mol. The van der Waals surface area contributed by atoms with Crippen LogP contribution in [0.2, 0.25) is 0 Å². The second kappa shape index (κ2) is 6.53. The van der Waals surface area contributed by atoms with E-state index in [9.17, 15) is 9.90 Å². The fraction of sp³-hybridized carbons (Fsp3) is 0.929. The van der Waals surface area contributed by atoms with E-state index in [1.54, 1.807) is 0 Å². The highest BCUT2D eigenvalue weighted by atomic mass is 16.4. The number of rotatable bonds is 7. The molecule has 2 N–H and O–H groups in total. The third kappa shape index (κ3) is 3.45. The Labute approximate surface area is 111 Å². The van der Waals surface area contributed by atoms with E-state index in [0.717, 1.165) is 38.8 Å². The van der Waals surface area contributed by atoms with Gasteiger partial charge in [0.05, 0.1) is 0 Å². The van der Waals surface area contributed by atoms with Crippen molar-refractivity contribution in [3.63, 3.8) is 0 Å². The van der Waals surface area contributed by atoms with Gasteiger partial charge in [0, 0.05) is 12.1 Å². The first-order valence-electron chi connectivity index (χ1n) is 7.20. The summed E-state index contributed by atoms with van der Waals surface area (Å²) in [4.78, 5) is 14.0. The third-order valence-electron chi connectivity index (χ3n) is 3.90. The summed E-state index contributed by atoms with van der Waals surface area (Å²) >= 11 is 0. The Morgan fingerprint density at radius 1 is 1.50 bits per heavy atom. The van der Waals surface area contributed by atoms with Crippen LogP contribution in [0.3, 0.4) is 0 Å². The van der Waals surface area contributed by atoms with Gasteiger partial charge >= 0.3 is 5.97 Å². The molecule has 0 saturated heterocycles. The van der Waals surface area contributed by atoms with Crippen LogP contribution in [0.5, 0.6) is 0 Å². The monoisotopic (exact) mass is 256 g/mol. The molecule has 0 aromatic rings. The third-order valence-corrected chi connectivity index (χ3v) is 3.90. The van der Waals surface area contributed by atoms with Gasteiger partial charge < -0.3 is 10.0 Å². The summed E-state index contributed by atoms with van der Waals surface area (Å²) in [6, 6.07) is 0.624. The Balaban J connectivity index is 2.73. The average Bonchev–Trinajstić information content (AvgIpc) is 2.70. The summed E-state index contributed by atoms with van der Waals surface area (Å²) in [6.45, 7) is 10.4. The van der Waals surface area contributed by atoms with Crippen molar-refractivity contribution in [3.8, 4) is 0 Å². The van der Waals surface area contributed by atoms with Crippen molar-refractivity contribution in [2.45, 2.75) is 71.0 Å². The standard InChI is InChI=1S/C14H28N2O2/c1-5-9-16(6-2)12-7-8-14(10-12,13(17)18)15-11(3)4/h11-12,15H,5-10H2,1-4H3,(H,17,18). The van der Waals surface area contributed by atoms with Crippen molar-refractivity contribution in [3.05, 3.63) is 0 Å². The van der Waals surface area contributed by atoms with E-state index in [-0.39, 0.29) is 6.04 Å². The maximum Gasteiger partial charge on any atom is 0.323 e. The van der Waals surface area contributed by atoms with Crippen LogP contribution in [-0.4, -0.2) is 46.7 Å². The largest absolute Gasteiger partial charge is 0.480 e. The molecule has 1 fully saturated rings. The second-order valence-corrected chi connectivity index (χ2v) is 5.71. The van der Waals surface area contributed by atoms with Crippen LogP contribution < -0.4 is 5.32 Å². The van der Waals surface area contributed by atoms with Crippen LogP contribution >= 0.6 is 0 Å². The molecule has 18 heavy (non-hydrogen) atoms. The summed E-state index contributed by atoms with van der Waals surface area (Å²) in [7, 11) is 0. The van der Waals surface area contributed by atoms with Gasteiger partial charge in [0.15, 0.2) is 0 Å². The Morgan fingerprint density at radius 3 is 2.61 bits per heavy atom. The number of hydrogen-bond donors (Lipinski definition) is 2. The zero-order chi connectivity index (χ0) is 13.8. The quantitative estimate of drug-likeness (QED) is 0.732. The van der Waals surface area contributed by atoms with Crippen LogP contribution in [0, 0.1) is 0 Å². The van der Waals surface area contributed by atoms with Crippen LogP contribution in [-0.2, 0) is 4.79 Å². The number of aliphatic carboxylic acids is 1. The summed E-state index contributed by atoms with van der Waals surface area (Å²) < 4.78 is 0. The van der Waals surface area contributed by atoms with Gasteiger partial charge in [-0.15, -0.1) is 0 Å². The maximum absolute atomic E-state index is 11.6. The molecule has 0 bridgehead atoms. The topological polar surface area (TPSA) is 52.6 Å². The lowest BCUT2D eigenvalue weighted by atomic mass is 9.96. The second-order valence-electron chi connectivity index (χ2n) is 5.71. The summed E-state index contributed by atoms with van der Waals surface area (Å²) in [5, 5.41) is 12.8. The molecule has 0 aliphatic heterocycles. The molecular formula is C14H28N2O2. The highest BCUT2D eigenvalue weighted by Crippen LogP contribution is 2.34. The summed E-state index contributed by atoms with van der Waals surface area (Å²) in [5.74, 6) is -0.689. The van der Waals surface area contributed by atoms with Gasteiger partial charge in [-0.3, -0.25) is 10.1 Å². The molecule has 2 atom stereocenters. The lowest BCUT2D eigenvalue weighted by molar-refractivity contribution is -0.145. The van der Waals surface area contributed by atoms with Crippen LogP contribution in [0.15, 0.2) is 0 Å². The first-order valence-corrected chi connectivity index (χ1v) is 7.20. The van der Waals surface area contributed by atoms with Gasteiger partial charge in [0.2, 0.25) is 0 Å². The normalized spacial score (nSPS) is 28.2. The molecule has 1 aliphatic carbocycles. The maximum atomic E-state index is 11.6. The molecule has 1 aliphatic rings. The smallest absolute Gasteiger partial charge is 0.323 e. The molecule has 0 radical (unpaired) electrons. The van der Waals surface area contributed by atoms with Crippen molar-refractivity contribution in [2.75, 3.05) is 13.1 Å². The molecule has 0 aromatic heterocycles. The van der Waals surface area contributed by atoms with Crippen molar-refractivity contribution in [2.24, 2.45) is 0 Å². The van der Waals surface area contributed by atoms with Gasteiger partial charge in [-0.1, -0.05) is 13.8 Å². The highest BCUT2D eigenvalue weighted by Gasteiger charge is 2.46. The molecule has 4 nitrogen and oxygen atoms in total. The van der Waals surface area contributed by atoms with Gasteiger partial charge in [0.25, 0.3) is 0 Å². The van der Waals surface area contributed by atoms with Crippen molar-refractivity contribution in [1.29, 1.82) is 0 Å². The van der Waals surface area contributed by atoms with Crippen LogP contribution in [0.4, 0.5) is 0 Å². The fourth-order valence-electron chi connectivity index (χ4n) is 3.16. The Bertz CT molecular complexity index is 281. The zero-order valence-electron chi connectivity index (χ0n) is 12.2. The first-order chi connectivity index (χ1) is 8.45. The van der Waals surface area contributed by atoms with Gasteiger partial charge in [-0.2, -0.15) is 0 Å². The summed E-state index contributed by atoms with van der Waals surface area (Å²) in [5.41, 5.74) is -0.708. The van der Waals surface area contributed by atoms with Crippen molar-refractivity contribution < 1.29 is 9.90 Å². The number of nitrogens with zero attached hydrogens (tertiary/aromatic N) is 1. The fourth-order valence-corrected chi connectivity index (χ4v) is 3.16. The van der Waals surface area contributed by atoms with E-state index >= 15 is 0 Å². The highest BCUT2D eigenvalue weighted by molar-refractivity contribution is 5.79.